The first-order chi connectivity index (χ1) is 15.9. The van der Waals surface area contributed by atoms with Crippen LogP contribution in [0.5, 0.6) is 5.75 Å². The topological polar surface area (TPSA) is 52.1 Å². The molecule has 5 rings (SSSR count). The molecule has 0 fully saturated rings. The van der Waals surface area contributed by atoms with Crippen molar-refractivity contribution in [1.29, 1.82) is 0 Å². The maximum Gasteiger partial charge on any atom is 0.573 e. The van der Waals surface area contributed by atoms with Crippen LogP contribution in [0.3, 0.4) is 0 Å². The molecule has 0 aliphatic heterocycles. The van der Waals surface area contributed by atoms with Gasteiger partial charge < -0.3 is 4.74 Å². The van der Waals surface area contributed by atoms with Gasteiger partial charge in [-0.1, -0.05) is 36.4 Å². The SMILES string of the molecule is O=C1/C(=C/c2ccc3nccnc3c2)CCc2cc(-c3ccc(OC(F)(F)F)cc3)ccc21. The van der Waals surface area contributed by atoms with Gasteiger partial charge in [-0.25, -0.2) is 0 Å². The van der Waals surface area contributed by atoms with E-state index in [1.807, 2.05) is 36.4 Å². The van der Waals surface area contributed by atoms with Crippen LogP contribution in [-0.2, 0) is 6.42 Å². The van der Waals surface area contributed by atoms with Crippen LogP contribution in [0.25, 0.3) is 28.2 Å². The number of aromatic nitrogens is 2. The molecule has 1 aromatic heterocycles. The van der Waals surface area contributed by atoms with Gasteiger partial charge in [-0.3, -0.25) is 14.8 Å². The highest BCUT2D eigenvalue weighted by atomic mass is 19.4. The van der Waals surface area contributed by atoms with Crippen LogP contribution in [0.1, 0.15) is 27.9 Å². The number of carbonyl (C=O) groups is 1. The molecule has 1 aliphatic carbocycles. The minimum Gasteiger partial charge on any atom is -0.406 e. The van der Waals surface area contributed by atoms with Gasteiger partial charge in [0.05, 0.1) is 11.0 Å². The number of carbonyl (C=O) groups excluding carboxylic acids is 1. The van der Waals surface area contributed by atoms with Crippen molar-refractivity contribution in [2.45, 2.75) is 19.2 Å². The Morgan fingerprint density at radius 1 is 0.818 bits per heavy atom. The average Bonchev–Trinajstić information content (AvgIpc) is 2.80. The van der Waals surface area contributed by atoms with Crippen molar-refractivity contribution in [3.8, 4) is 16.9 Å². The molecule has 1 aliphatic rings. The standard InChI is InChI=1S/C26H17F3N2O2/c27-26(28,29)33-21-7-4-17(5-8-21)18-6-9-22-19(15-18)2-3-20(25(22)32)13-16-1-10-23-24(14-16)31-12-11-30-23/h1,4-15H,2-3H2/b20-13+. The van der Waals surface area contributed by atoms with Crippen molar-refractivity contribution in [1.82, 2.24) is 9.97 Å². The minimum atomic E-state index is -4.72. The average molecular weight is 446 g/mol. The van der Waals surface area contributed by atoms with Crippen molar-refractivity contribution < 1.29 is 22.7 Å². The second-order valence-electron chi connectivity index (χ2n) is 7.75. The summed E-state index contributed by atoms with van der Waals surface area (Å²) in [5.41, 5.74) is 6.35. The highest BCUT2D eigenvalue weighted by Crippen LogP contribution is 2.32. The lowest BCUT2D eigenvalue weighted by Crippen LogP contribution is -2.16. The van der Waals surface area contributed by atoms with Gasteiger partial charge in [-0.15, -0.1) is 13.2 Å². The van der Waals surface area contributed by atoms with Gasteiger partial charge in [0.2, 0.25) is 0 Å². The van der Waals surface area contributed by atoms with Gasteiger partial charge in [0.25, 0.3) is 0 Å². The fourth-order valence-electron chi connectivity index (χ4n) is 4.02. The van der Waals surface area contributed by atoms with E-state index < -0.39 is 6.36 Å². The lowest BCUT2D eigenvalue weighted by Gasteiger charge is -2.19. The first kappa shape index (κ1) is 20.9. The lowest BCUT2D eigenvalue weighted by atomic mass is 9.84. The molecular formula is C26H17F3N2O2. The first-order valence-corrected chi connectivity index (χ1v) is 10.3. The second kappa shape index (κ2) is 8.16. The Kier molecular flexibility index (Phi) is 5.17. The molecule has 4 nitrogen and oxygen atoms in total. The predicted molar refractivity (Wildman–Crippen MR) is 119 cm³/mol. The number of nitrogens with zero attached hydrogens (tertiary/aromatic N) is 2. The number of aryl methyl sites for hydroxylation is 1. The fourth-order valence-corrected chi connectivity index (χ4v) is 4.02. The molecule has 0 N–H and O–H groups in total. The molecule has 0 amide bonds. The molecule has 0 saturated carbocycles. The molecule has 0 bridgehead atoms. The van der Waals surface area contributed by atoms with E-state index in [0.29, 0.717) is 18.4 Å². The van der Waals surface area contributed by atoms with Crippen LogP contribution in [0.15, 0.2) is 78.6 Å². The van der Waals surface area contributed by atoms with E-state index in [0.717, 1.165) is 38.9 Å². The van der Waals surface area contributed by atoms with Gasteiger partial charge in [0, 0.05) is 23.5 Å². The summed E-state index contributed by atoms with van der Waals surface area (Å²) in [5, 5.41) is 0. The fraction of sp³-hybridized carbons (Fsp3) is 0.115. The van der Waals surface area contributed by atoms with Crippen LogP contribution in [0.2, 0.25) is 0 Å². The zero-order valence-corrected chi connectivity index (χ0v) is 17.3. The number of fused-ring (bicyclic) bond motifs is 2. The van der Waals surface area contributed by atoms with Gasteiger partial charge in [-0.05, 0) is 65.4 Å². The number of alkyl halides is 3. The number of hydrogen-bond acceptors (Lipinski definition) is 4. The van der Waals surface area contributed by atoms with Crippen molar-refractivity contribution in [2.75, 3.05) is 0 Å². The number of allylic oxidation sites excluding steroid dienone is 1. The van der Waals surface area contributed by atoms with Crippen molar-refractivity contribution in [3.05, 3.63) is 95.3 Å². The Labute approximate surface area is 187 Å². The minimum absolute atomic E-state index is 0.0176. The predicted octanol–water partition coefficient (Wildman–Crippen LogP) is 6.41. The van der Waals surface area contributed by atoms with E-state index in [9.17, 15) is 18.0 Å². The summed E-state index contributed by atoms with van der Waals surface area (Å²) in [6, 6.07) is 16.9. The molecule has 0 atom stereocenters. The Hall–Kier alpha value is -4.00. The van der Waals surface area contributed by atoms with Crippen LogP contribution in [0.4, 0.5) is 13.2 Å². The zero-order valence-electron chi connectivity index (χ0n) is 17.3. The van der Waals surface area contributed by atoms with E-state index >= 15 is 0 Å². The lowest BCUT2D eigenvalue weighted by molar-refractivity contribution is -0.274. The molecule has 0 unspecified atom stereocenters. The molecule has 0 saturated heterocycles. The van der Waals surface area contributed by atoms with Gasteiger partial charge in [0.15, 0.2) is 5.78 Å². The normalized spacial score (nSPS) is 15.0. The number of benzene rings is 3. The van der Waals surface area contributed by atoms with E-state index in [4.69, 9.17) is 0 Å². The van der Waals surface area contributed by atoms with Crippen molar-refractivity contribution >= 4 is 22.9 Å². The maximum absolute atomic E-state index is 13.1. The summed E-state index contributed by atoms with van der Waals surface area (Å²) < 4.78 is 41.0. The third kappa shape index (κ3) is 4.48. The van der Waals surface area contributed by atoms with Crippen LogP contribution in [0, 0.1) is 0 Å². The summed E-state index contributed by atoms with van der Waals surface area (Å²) in [6.07, 6.45) is 1.75. The number of halogens is 3. The Morgan fingerprint density at radius 2 is 1.55 bits per heavy atom. The van der Waals surface area contributed by atoms with E-state index in [2.05, 4.69) is 14.7 Å². The summed E-state index contributed by atoms with van der Waals surface area (Å²) in [7, 11) is 0. The molecule has 7 heteroatoms. The van der Waals surface area contributed by atoms with Crippen LogP contribution in [-0.4, -0.2) is 22.1 Å². The maximum atomic E-state index is 13.1. The van der Waals surface area contributed by atoms with E-state index in [1.54, 1.807) is 30.6 Å². The zero-order chi connectivity index (χ0) is 23.0. The van der Waals surface area contributed by atoms with Gasteiger partial charge >= 0.3 is 6.36 Å². The second-order valence-corrected chi connectivity index (χ2v) is 7.75. The van der Waals surface area contributed by atoms with Gasteiger partial charge in [0.1, 0.15) is 5.75 Å². The third-order valence-electron chi connectivity index (χ3n) is 5.56. The summed E-state index contributed by atoms with van der Waals surface area (Å²) in [5.74, 6) is -0.287. The number of Topliss-reactive ketones (excluding diaryl/α,β-unsaturated/α-hetero) is 1. The molecule has 3 aromatic carbocycles. The third-order valence-corrected chi connectivity index (χ3v) is 5.56. The number of rotatable bonds is 3. The van der Waals surface area contributed by atoms with Crippen molar-refractivity contribution in [3.63, 3.8) is 0 Å². The van der Waals surface area contributed by atoms with E-state index in [-0.39, 0.29) is 11.5 Å². The quantitative estimate of drug-likeness (QED) is 0.341. The largest absolute Gasteiger partial charge is 0.573 e. The summed E-state index contributed by atoms with van der Waals surface area (Å²) in [4.78, 5) is 21.7. The smallest absolute Gasteiger partial charge is 0.406 e. The molecule has 1 heterocycles. The number of hydrogen-bond donors (Lipinski definition) is 0. The summed E-state index contributed by atoms with van der Waals surface area (Å²) >= 11 is 0. The number of ether oxygens (including phenoxy) is 1. The van der Waals surface area contributed by atoms with Crippen LogP contribution < -0.4 is 4.74 Å². The Bertz CT molecular complexity index is 1390. The van der Waals surface area contributed by atoms with Crippen LogP contribution >= 0.6 is 0 Å². The molecule has 33 heavy (non-hydrogen) atoms. The van der Waals surface area contributed by atoms with Crippen molar-refractivity contribution in [2.24, 2.45) is 0 Å². The highest BCUT2D eigenvalue weighted by Gasteiger charge is 2.31. The van der Waals surface area contributed by atoms with E-state index in [1.165, 1.54) is 12.1 Å². The molecule has 0 radical (unpaired) electrons. The monoisotopic (exact) mass is 446 g/mol. The number of ketones is 1. The molecule has 164 valence electrons. The molecule has 0 spiro atoms. The van der Waals surface area contributed by atoms with Gasteiger partial charge in [-0.2, -0.15) is 0 Å². The molecular weight excluding hydrogens is 429 g/mol. The Balaban J connectivity index is 1.39. The molecule has 4 aromatic rings. The summed E-state index contributed by atoms with van der Waals surface area (Å²) in [6.45, 7) is 0. The first-order valence-electron chi connectivity index (χ1n) is 10.3. The highest BCUT2D eigenvalue weighted by molar-refractivity contribution is 6.13. The Morgan fingerprint density at radius 3 is 2.30 bits per heavy atom.